The summed E-state index contributed by atoms with van der Waals surface area (Å²) < 4.78 is 37.6. The summed E-state index contributed by atoms with van der Waals surface area (Å²) in [7, 11) is -3.58. The Balaban J connectivity index is 1.55. The van der Waals surface area contributed by atoms with E-state index in [0.29, 0.717) is 12.5 Å². The fourth-order valence-corrected chi connectivity index (χ4v) is 4.59. The molecule has 7 nitrogen and oxygen atoms in total. The van der Waals surface area contributed by atoms with Gasteiger partial charge in [-0.1, -0.05) is 0 Å². The Morgan fingerprint density at radius 3 is 2.52 bits per heavy atom. The van der Waals surface area contributed by atoms with E-state index in [1.54, 1.807) is 0 Å². The summed E-state index contributed by atoms with van der Waals surface area (Å²) in [6, 6.07) is 6.58. The van der Waals surface area contributed by atoms with E-state index in [9.17, 15) is 17.6 Å². The van der Waals surface area contributed by atoms with Crippen LogP contribution in [0, 0.1) is 25.6 Å². The number of hydrogen-bond acceptors (Lipinski definition) is 6. The van der Waals surface area contributed by atoms with Gasteiger partial charge in [-0.15, -0.1) is 0 Å². The van der Waals surface area contributed by atoms with Crippen molar-refractivity contribution in [2.24, 2.45) is 5.92 Å². The largest absolute Gasteiger partial charge is 0.355 e. The lowest BCUT2D eigenvalue weighted by Crippen LogP contribution is -2.44. The maximum atomic E-state index is 13.0. The van der Waals surface area contributed by atoms with E-state index in [1.807, 2.05) is 24.8 Å². The molecule has 0 unspecified atom stereocenters. The van der Waals surface area contributed by atoms with Gasteiger partial charge in [-0.3, -0.25) is 4.79 Å². The second-order valence-electron chi connectivity index (χ2n) is 7.30. The third-order valence-electron chi connectivity index (χ3n) is 4.89. The number of anilines is 1. The Morgan fingerprint density at radius 2 is 1.86 bits per heavy atom. The van der Waals surface area contributed by atoms with Crippen LogP contribution >= 0.6 is 0 Å². The van der Waals surface area contributed by atoms with Crippen LogP contribution in [0.15, 0.2) is 35.2 Å². The van der Waals surface area contributed by atoms with E-state index in [2.05, 4.69) is 15.3 Å². The number of nitrogens with zero attached hydrogens (tertiary/aromatic N) is 3. The number of hydrogen-bond donors (Lipinski definition) is 1. The molecular formula is C20H25FN4O3S. The maximum Gasteiger partial charge on any atom is 0.225 e. The first kappa shape index (κ1) is 21.2. The quantitative estimate of drug-likeness (QED) is 0.719. The molecule has 2 aromatic rings. The van der Waals surface area contributed by atoms with Crippen molar-refractivity contribution >= 4 is 21.7 Å². The highest BCUT2D eigenvalue weighted by atomic mass is 32.2. The molecule has 0 radical (unpaired) electrons. The highest BCUT2D eigenvalue weighted by molar-refractivity contribution is 7.91. The monoisotopic (exact) mass is 420 g/mol. The van der Waals surface area contributed by atoms with Crippen LogP contribution in [0.5, 0.6) is 0 Å². The van der Waals surface area contributed by atoms with Crippen LogP contribution in [-0.4, -0.2) is 49.7 Å². The molecule has 1 aromatic carbocycles. The third-order valence-corrected chi connectivity index (χ3v) is 6.62. The van der Waals surface area contributed by atoms with E-state index >= 15 is 0 Å². The summed E-state index contributed by atoms with van der Waals surface area (Å²) in [5, 5.41) is 2.72. The van der Waals surface area contributed by atoms with Gasteiger partial charge in [0.1, 0.15) is 5.82 Å². The molecule has 1 atom stereocenters. The fourth-order valence-electron chi connectivity index (χ4n) is 3.43. The number of carbonyl (C=O) groups excluding carboxylic acids is 1. The minimum atomic E-state index is -3.58. The number of aromatic nitrogens is 2. The van der Waals surface area contributed by atoms with E-state index in [4.69, 9.17) is 0 Å². The number of halogens is 1. The van der Waals surface area contributed by atoms with Crippen LogP contribution < -0.4 is 10.2 Å². The summed E-state index contributed by atoms with van der Waals surface area (Å²) >= 11 is 0. The lowest BCUT2D eigenvalue weighted by molar-refractivity contribution is -0.125. The number of nitrogens with one attached hydrogen (secondary N) is 1. The molecule has 0 aliphatic carbocycles. The zero-order chi connectivity index (χ0) is 21.0. The molecule has 1 fully saturated rings. The van der Waals surface area contributed by atoms with Gasteiger partial charge in [-0.05, 0) is 57.0 Å². The molecule has 1 N–H and O–H groups in total. The van der Waals surface area contributed by atoms with Gasteiger partial charge >= 0.3 is 0 Å². The Hall–Kier alpha value is -2.55. The summed E-state index contributed by atoms with van der Waals surface area (Å²) in [6.07, 6.45) is 1.57. The average Bonchev–Trinajstić information content (AvgIpc) is 2.67. The lowest BCUT2D eigenvalue weighted by atomic mass is 9.97. The number of amides is 1. The summed E-state index contributed by atoms with van der Waals surface area (Å²) in [6.45, 7) is 5.11. The number of sulfone groups is 1. The summed E-state index contributed by atoms with van der Waals surface area (Å²) in [5.41, 5.74) is 1.76. The minimum absolute atomic E-state index is 0.00902. The SMILES string of the molecule is Cc1cc(C)nc(N2CCC[C@@H](C(=O)NCCS(=O)(=O)c3ccc(F)cc3)C2)n1. The first-order chi connectivity index (χ1) is 13.7. The molecule has 1 aliphatic heterocycles. The van der Waals surface area contributed by atoms with E-state index in [1.165, 1.54) is 12.1 Å². The smallest absolute Gasteiger partial charge is 0.225 e. The first-order valence-corrected chi connectivity index (χ1v) is 11.2. The molecule has 0 spiro atoms. The van der Waals surface area contributed by atoms with Gasteiger partial charge in [0.05, 0.1) is 16.6 Å². The second kappa shape index (κ2) is 8.86. The number of carbonyl (C=O) groups is 1. The molecule has 1 amide bonds. The normalized spacial score (nSPS) is 17.2. The van der Waals surface area contributed by atoms with Crippen LogP contribution in [0.4, 0.5) is 10.3 Å². The first-order valence-electron chi connectivity index (χ1n) is 9.58. The number of aryl methyl sites for hydroxylation is 2. The van der Waals surface area contributed by atoms with Crippen molar-refractivity contribution in [3.05, 3.63) is 47.5 Å². The van der Waals surface area contributed by atoms with Gasteiger partial charge in [0.25, 0.3) is 0 Å². The zero-order valence-electron chi connectivity index (χ0n) is 16.6. The minimum Gasteiger partial charge on any atom is -0.355 e. The summed E-state index contributed by atoms with van der Waals surface area (Å²) in [5.74, 6) is -0.526. The molecule has 29 heavy (non-hydrogen) atoms. The average molecular weight is 421 g/mol. The van der Waals surface area contributed by atoms with Gasteiger partial charge in [0.15, 0.2) is 9.84 Å². The Kier molecular flexibility index (Phi) is 6.46. The molecular weight excluding hydrogens is 395 g/mol. The highest BCUT2D eigenvalue weighted by Gasteiger charge is 2.27. The van der Waals surface area contributed by atoms with E-state index in [-0.39, 0.29) is 29.0 Å². The predicted molar refractivity (Wildman–Crippen MR) is 108 cm³/mol. The molecule has 0 saturated carbocycles. The number of benzene rings is 1. The molecule has 9 heteroatoms. The van der Waals surface area contributed by atoms with Crippen molar-refractivity contribution in [1.82, 2.24) is 15.3 Å². The lowest BCUT2D eigenvalue weighted by Gasteiger charge is -2.32. The second-order valence-corrected chi connectivity index (χ2v) is 9.41. The fraction of sp³-hybridized carbons (Fsp3) is 0.450. The van der Waals surface area contributed by atoms with Crippen molar-refractivity contribution in [2.75, 3.05) is 30.3 Å². The standard InChI is InChI=1S/C20H25FN4O3S/c1-14-12-15(2)24-20(23-14)25-10-3-4-16(13-25)19(26)22-9-11-29(27,28)18-7-5-17(21)6-8-18/h5-8,12,16H,3-4,9-11,13H2,1-2H3,(H,22,26)/t16-/m1/s1. The van der Waals surface area contributed by atoms with E-state index < -0.39 is 15.7 Å². The Morgan fingerprint density at radius 1 is 1.21 bits per heavy atom. The molecule has 0 bridgehead atoms. The van der Waals surface area contributed by atoms with Crippen molar-refractivity contribution in [1.29, 1.82) is 0 Å². The van der Waals surface area contributed by atoms with Gasteiger partial charge in [0.2, 0.25) is 11.9 Å². The number of rotatable bonds is 6. The van der Waals surface area contributed by atoms with Gasteiger partial charge < -0.3 is 10.2 Å². The van der Waals surface area contributed by atoms with Crippen LogP contribution in [0.25, 0.3) is 0 Å². The Bertz CT molecular complexity index is 959. The topological polar surface area (TPSA) is 92.3 Å². The molecule has 1 saturated heterocycles. The van der Waals surface area contributed by atoms with Crippen molar-refractivity contribution < 1.29 is 17.6 Å². The van der Waals surface area contributed by atoms with Crippen LogP contribution in [-0.2, 0) is 14.6 Å². The predicted octanol–water partition coefficient (Wildman–Crippen LogP) is 2.04. The van der Waals surface area contributed by atoms with Crippen molar-refractivity contribution in [3.8, 4) is 0 Å². The highest BCUT2D eigenvalue weighted by Crippen LogP contribution is 2.21. The van der Waals surface area contributed by atoms with Gasteiger partial charge in [-0.25, -0.2) is 22.8 Å². The van der Waals surface area contributed by atoms with E-state index in [0.717, 1.165) is 42.9 Å². The van der Waals surface area contributed by atoms with Crippen LogP contribution in [0.3, 0.4) is 0 Å². The molecule has 156 valence electrons. The summed E-state index contributed by atoms with van der Waals surface area (Å²) in [4.78, 5) is 23.5. The van der Waals surface area contributed by atoms with Crippen LogP contribution in [0.1, 0.15) is 24.2 Å². The maximum absolute atomic E-state index is 13.0. The van der Waals surface area contributed by atoms with Gasteiger partial charge in [-0.2, -0.15) is 0 Å². The molecule has 1 aromatic heterocycles. The Labute approximate surface area is 170 Å². The van der Waals surface area contributed by atoms with Crippen LogP contribution in [0.2, 0.25) is 0 Å². The molecule has 1 aliphatic rings. The van der Waals surface area contributed by atoms with Crippen molar-refractivity contribution in [2.45, 2.75) is 31.6 Å². The third kappa shape index (κ3) is 5.50. The van der Waals surface area contributed by atoms with Gasteiger partial charge in [0, 0.05) is 31.0 Å². The zero-order valence-corrected chi connectivity index (χ0v) is 17.4. The molecule has 2 heterocycles. The van der Waals surface area contributed by atoms with Crippen molar-refractivity contribution in [3.63, 3.8) is 0 Å². The molecule has 3 rings (SSSR count). The number of piperidine rings is 1.